The number of amides is 1. The maximum absolute atomic E-state index is 13.0. The van der Waals surface area contributed by atoms with E-state index in [0.717, 1.165) is 22.2 Å². The molecule has 0 saturated carbocycles. The first-order valence-electron chi connectivity index (χ1n) is 9.69. The fourth-order valence-electron chi connectivity index (χ4n) is 3.51. The number of fused-ring (bicyclic) bond motifs is 2. The lowest BCUT2D eigenvalue weighted by Gasteiger charge is -2.22. The van der Waals surface area contributed by atoms with Gasteiger partial charge in [-0.3, -0.25) is 14.7 Å². The number of anilines is 4. The highest BCUT2D eigenvalue weighted by Gasteiger charge is 2.20. The summed E-state index contributed by atoms with van der Waals surface area (Å²) in [5, 5.41) is 17.0. The molecule has 0 saturated heterocycles. The summed E-state index contributed by atoms with van der Waals surface area (Å²) in [6, 6.07) is 6.98. The highest BCUT2D eigenvalue weighted by molar-refractivity contribution is 6.08. The molecule has 0 bridgehead atoms. The third-order valence-electron chi connectivity index (χ3n) is 5.10. The van der Waals surface area contributed by atoms with Crippen LogP contribution in [0.2, 0.25) is 0 Å². The highest BCUT2D eigenvalue weighted by Crippen LogP contribution is 2.34. The van der Waals surface area contributed by atoms with Gasteiger partial charge in [0.05, 0.1) is 29.3 Å². The van der Waals surface area contributed by atoms with Crippen molar-refractivity contribution in [3.8, 4) is 5.88 Å². The van der Waals surface area contributed by atoms with Crippen LogP contribution in [-0.2, 0) is 0 Å². The lowest BCUT2D eigenvalue weighted by atomic mass is 10.1. The average Bonchev–Trinajstić information content (AvgIpc) is 3.24. The van der Waals surface area contributed by atoms with E-state index in [0.29, 0.717) is 36.1 Å². The van der Waals surface area contributed by atoms with Crippen LogP contribution in [-0.4, -0.2) is 39.2 Å². The number of ether oxygens (including phenoxy) is 1. The van der Waals surface area contributed by atoms with E-state index in [-0.39, 0.29) is 5.56 Å². The average molecular weight is 417 g/mol. The van der Waals surface area contributed by atoms with Gasteiger partial charge >= 0.3 is 0 Å². The molecule has 0 radical (unpaired) electrons. The number of benzene rings is 1. The molecule has 0 fully saturated rings. The third-order valence-corrected chi connectivity index (χ3v) is 5.10. The van der Waals surface area contributed by atoms with Gasteiger partial charge in [-0.25, -0.2) is 4.98 Å². The Bertz CT molecular complexity index is 1360. The Morgan fingerprint density at radius 3 is 3.00 bits per heavy atom. The van der Waals surface area contributed by atoms with Crippen molar-refractivity contribution in [1.82, 2.24) is 20.2 Å². The summed E-state index contributed by atoms with van der Waals surface area (Å²) < 4.78 is 5.55. The molecule has 0 aliphatic carbocycles. The van der Waals surface area contributed by atoms with Crippen LogP contribution in [0.25, 0.3) is 10.9 Å². The van der Waals surface area contributed by atoms with Crippen molar-refractivity contribution in [2.75, 3.05) is 29.1 Å². The second-order valence-corrected chi connectivity index (χ2v) is 7.10. The van der Waals surface area contributed by atoms with E-state index in [9.17, 15) is 9.59 Å². The van der Waals surface area contributed by atoms with E-state index >= 15 is 0 Å². The van der Waals surface area contributed by atoms with Gasteiger partial charge in [-0.2, -0.15) is 5.10 Å². The molecule has 1 amide bonds. The Labute approximate surface area is 176 Å². The zero-order valence-corrected chi connectivity index (χ0v) is 16.6. The number of nitrogens with one attached hydrogen (secondary N) is 5. The number of carbonyl (C=O) groups excluding carboxylic acids is 1. The van der Waals surface area contributed by atoms with Gasteiger partial charge in [0.2, 0.25) is 5.88 Å². The summed E-state index contributed by atoms with van der Waals surface area (Å²) in [5.74, 6) is 0.000574. The zero-order chi connectivity index (χ0) is 21.4. The Hall–Kier alpha value is -4.34. The van der Waals surface area contributed by atoms with Crippen molar-refractivity contribution in [2.24, 2.45) is 0 Å². The van der Waals surface area contributed by atoms with Gasteiger partial charge in [-0.15, -0.1) is 0 Å². The van der Waals surface area contributed by atoms with Gasteiger partial charge in [0.15, 0.2) is 0 Å². The molecule has 31 heavy (non-hydrogen) atoms. The second-order valence-electron chi connectivity index (χ2n) is 7.10. The number of H-pyrrole nitrogens is 2. The van der Waals surface area contributed by atoms with Crippen LogP contribution in [0.15, 0.2) is 47.7 Å². The molecule has 5 N–H and O–H groups in total. The largest absolute Gasteiger partial charge is 0.474 e. The Balaban J connectivity index is 1.47. The van der Waals surface area contributed by atoms with Crippen LogP contribution in [0.1, 0.15) is 15.9 Å². The van der Waals surface area contributed by atoms with Crippen LogP contribution in [0.5, 0.6) is 5.88 Å². The standard InChI is InChI=1S/C21H19N7O3/c1-11-16(10-24-21-18(11)22-6-7-31-21)27-14-4-5-23-19(29)17(14)20(30)26-13-3-2-12-9-25-28-15(12)8-13/h2-5,8-10,22H,6-7H2,1H3,(H,25,28)(H,26,30)(H2,23,27,29). The predicted molar refractivity (Wildman–Crippen MR) is 117 cm³/mol. The SMILES string of the molecule is Cc1c(Nc2cc[nH]c(=O)c2C(=O)Nc2ccc3cn[nH]c3c2)cnc2c1NCCO2. The van der Waals surface area contributed by atoms with E-state index < -0.39 is 11.5 Å². The number of hydrogen-bond donors (Lipinski definition) is 5. The van der Waals surface area contributed by atoms with Crippen LogP contribution >= 0.6 is 0 Å². The fourth-order valence-corrected chi connectivity index (χ4v) is 3.51. The summed E-state index contributed by atoms with van der Waals surface area (Å²) >= 11 is 0. The van der Waals surface area contributed by atoms with E-state index in [2.05, 4.69) is 36.1 Å². The number of carbonyl (C=O) groups is 1. The Kier molecular flexibility index (Phi) is 4.51. The van der Waals surface area contributed by atoms with E-state index in [1.165, 1.54) is 6.20 Å². The van der Waals surface area contributed by atoms with Crippen LogP contribution < -0.4 is 26.2 Å². The summed E-state index contributed by atoms with van der Waals surface area (Å²) in [7, 11) is 0. The van der Waals surface area contributed by atoms with Crippen molar-refractivity contribution in [3.63, 3.8) is 0 Å². The quantitative estimate of drug-likeness (QED) is 0.344. The molecule has 0 spiro atoms. The van der Waals surface area contributed by atoms with Crippen molar-refractivity contribution < 1.29 is 9.53 Å². The number of hydrogen-bond acceptors (Lipinski definition) is 7. The molecular formula is C21H19N7O3. The normalized spacial score (nSPS) is 12.5. The topological polar surface area (TPSA) is 137 Å². The fraction of sp³-hybridized carbons (Fsp3) is 0.143. The van der Waals surface area contributed by atoms with Gasteiger partial charge in [-0.1, -0.05) is 0 Å². The molecule has 4 heterocycles. The van der Waals surface area contributed by atoms with E-state index in [1.54, 1.807) is 30.6 Å². The number of pyridine rings is 2. The highest BCUT2D eigenvalue weighted by atomic mass is 16.5. The molecule has 10 nitrogen and oxygen atoms in total. The molecule has 1 aliphatic heterocycles. The number of nitrogens with zero attached hydrogens (tertiary/aromatic N) is 2. The first-order valence-corrected chi connectivity index (χ1v) is 9.69. The minimum Gasteiger partial charge on any atom is -0.474 e. The Morgan fingerprint density at radius 1 is 1.19 bits per heavy atom. The molecule has 0 atom stereocenters. The van der Waals surface area contributed by atoms with Gasteiger partial charge in [0.1, 0.15) is 17.9 Å². The summed E-state index contributed by atoms with van der Waals surface area (Å²) in [5.41, 5.74) is 3.48. The molecule has 1 aromatic carbocycles. The molecule has 5 rings (SSSR count). The summed E-state index contributed by atoms with van der Waals surface area (Å²) in [6.45, 7) is 3.14. The van der Waals surface area contributed by atoms with Gasteiger partial charge in [0.25, 0.3) is 11.5 Å². The number of aromatic nitrogens is 4. The first-order chi connectivity index (χ1) is 15.1. The molecular weight excluding hydrogens is 398 g/mol. The lowest BCUT2D eigenvalue weighted by molar-refractivity contribution is 0.102. The minimum absolute atomic E-state index is 0.0338. The molecule has 10 heteroatoms. The van der Waals surface area contributed by atoms with Crippen LogP contribution in [0.3, 0.4) is 0 Å². The van der Waals surface area contributed by atoms with Crippen molar-refractivity contribution >= 4 is 39.6 Å². The third kappa shape index (κ3) is 3.44. The van der Waals surface area contributed by atoms with Crippen LogP contribution in [0, 0.1) is 6.92 Å². The molecule has 4 aromatic rings. The van der Waals surface area contributed by atoms with E-state index in [4.69, 9.17) is 4.74 Å². The Morgan fingerprint density at radius 2 is 2.10 bits per heavy atom. The maximum atomic E-state index is 13.0. The lowest BCUT2D eigenvalue weighted by Crippen LogP contribution is -2.25. The summed E-state index contributed by atoms with van der Waals surface area (Å²) in [6.07, 6.45) is 4.80. The van der Waals surface area contributed by atoms with Gasteiger partial charge in [0, 0.05) is 29.4 Å². The molecule has 156 valence electrons. The summed E-state index contributed by atoms with van der Waals surface area (Å²) in [4.78, 5) is 32.4. The first kappa shape index (κ1) is 18.7. The van der Waals surface area contributed by atoms with Crippen LogP contribution in [0.4, 0.5) is 22.7 Å². The maximum Gasteiger partial charge on any atom is 0.263 e. The predicted octanol–water partition coefficient (Wildman–Crippen LogP) is 2.75. The van der Waals surface area contributed by atoms with E-state index in [1.807, 2.05) is 13.0 Å². The monoisotopic (exact) mass is 417 g/mol. The number of aromatic amines is 2. The zero-order valence-electron chi connectivity index (χ0n) is 16.6. The van der Waals surface area contributed by atoms with Gasteiger partial charge < -0.3 is 25.7 Å². The van der Waals surface area contributed by atoms with Crippen molar-refractivity contribution in [3.05, 3.63) is 64.3 Å². The minimum atomic E-state index is -0.534. The van der Waals surface area contributed by atoms with Crippen molar-refractivity contribution in [1.29, 1.82) is 0 Å². The van der Waals surface area contributed by atoms with Gasteiger partial charge in [-0.05, 0) is 31.2 Å². The molecule has 0 unspecified atom stereocenters. The number of rotatable bonds is 4. The molecule has 1 aliphatic rings. The second kappa shape index (κ2) is 7.48. The van der Waals surface area contributed by atoms with Crippen molar-refractivity contribution in [2.45, 2.75) is 6.92 Å². The smallest absolute Gasteiger partial charge is 0.263 e. The molecule has 3 aromatic heterocycles.